The van der Waals surface area contributed by atoms with Gasteiger partial charge in [-0.25, -0.2) is 4.39 Å². The highest BCUT2D eigenvalue weighted by molar-refractivity contribution is 5.97. The quantitative estimate of drug-likeness (QED) is 0.871. The molecule has 2 aromatic carbocycles. The molecule has 1 saturated heterocycles. The van der Waals surface area contributed by atoms with E-state index in [-0.39, 0.29) is 11.5 Å². The lowest BCUT2D eigenvalue weighted by molar-refractivity contribution is -0.134. The van der Waals surface area contributed by atoms with Crippen LogP contribution in [0.3, 0.4) is 0 Å². The third-order valence-corrected chi connectivity index (χ3v) is 6.13. The molecule has 1 spiro atoms. The fourth-order valence-corrected chi connectivity index (χ4v) is 4.00. The van der Waals surface area contributed by atoms with Crippen molar-refractivity contribution in [2.75, 3.05) is 13.1 Å². The lowest BCUT2D eigenvalue weighted by Gasteiger charge is -2.33. The van der Waals surface area contributed by atoms with E-state index in [0.717, 1.165) is 31.5 Å². The van der Waals surface area contributed by atoms with Gasteiger partial charge >= 0.3 is 0 Å². The molecule has 1 aliphatic heterocycles. The van der Waals surface area contributed by atoms with Crippen molar-refractivity contribution < 1.29 is 14.0 Å². The number of hydrogen-bond acceptors (Lipinski definition) is 2. The van der Waals surface area contributed by atoms with Crippen LogP contribution in [0.1, 0.15) is 43.0 Å². The molecule has 1 aliphatic carbocycles. The van der Waals surface area contributed by atoms with Crippen molar-refractivity contribution in [3.63, 3.8) is 0 Å². The molecule has 1 saturated carbocycles. The number of halogens is 1. The third-order valence-electron chi connectivity index (χ3n) is 6.13. The molecule has 4 nitrogen and oxygen atoms in total. The van der Waals surface area contributed by atoms with E-state index in [0.29, 0.717) is 11.0 Å². The first kappa shape index (κ1) is 18.7. The maximum Gasteiger partial charge on any atom is 0.252 e. The van der Waals surface area contributed by atoms with Gasteiger partial charge in [0.1, 0.15) is 11.9 Å². The average Bonchev–Trinajstić information content (AvgIpc) is 3.47. The van der Waals surface area contributed by atoms with E-state index in [9.17, 15) is 14.0 Å². The first-order valence-corrected chi connectivity index (χ1v) is 9.92. The van der Waals surface area contributed by atoms with Gasteiger partial charge in [-0.05, 0) is 55.7 Å². The third kappa shape index (κ3) is 3.79. The van der Waals surface area contributed by atoms with Crippen LogP contribution in [0.25, 0.3) is 11.1 Å². The molecule has 2 aliphatic rings. The summed E-state index contributed by atoms with van der Waals surface area (Å²) in [6, 6.07) is 13.0. The van der Waals surface area contributed by atoms with Crippen LogP contribution in [0, 0.1) is 11.2 Å². The molecule has 2 fully saturated rings. The van der Waals surface area contributed by atoms with Crippen molar-refractivity contribution in [3.05, 3.63) is 59.9 Å². The molecule has 0 radical (unpaired) electrons. The zero-order chi connectivity index (χ0) is 19.7. The van der Waals surface area contributed by atoms with E-state index in [1.165, 1.54) is 18.9 Å². The van der Waals surface area contributed by atoms with Crippen LogP contribution >= 0.6 is 0 Å². The van der Waals surface area contributed by atoms with Gasteiger partial charge in [0.25, 0.3) is 5.91 Å². The van der Waals surface area contributed by atoms with Crippen molar-refractivity contribution in [2.45, 2.75) is 38.6 Å². The summed E-state index contributed by atoms with van der Waals surface area (Å²) in [4.78, 5) is 27.0. The molecule has 146 valence electrons. The summed E-state index contributed by atoms with van der Waals surface area (Å²) in [5, 5.41) is 2.72. The van der Waals surface area contributed by atoms with Gasteiger partial charge in [-0.15, -0.1) is 0 Å². The van der Waals surface area contributed by atoms with Crippen LogP contribution in [0.5, 0.6) is 0 Å². The molecule has 1 atom stereocenters. The monoisotopic (exact) mass is 380 g/mol. The smallest absolute Gasteiger partial charge is 0.252 e. The van der Waals surface area contributed by atoms with Crippen LogP contribution in [-0.2, 0) is 4.79 Å². The average molecular weight is 380 g/mol. The highest BCUT2D eigenvalue weighted by Crippen LogP contribution is 2.53. The lowest BCUT2D eigenvalue weighted by Crippen LogP contribution is -2.49. The maximum atomic E-state index is 14.5. The van der Waals surface area contributed by atoms with Crippen molar-refractivity contribution in [3.8, 4) is 11.1 Å². The number of amides is 2. The van der Waals surface area contributed by atoms with E-state index < -0.39 is 17.8 Å². The SMILES string of the molecule is C[C@@H](NC(=O)c1ccc(-c2ccccc2)c(F)c1)C(=O)N1CCC2(CC1)CC2. The summed E-state index contributed by atoms with van der Waals surface area (Å²) >= 11 is 0. The van der Waals surface area contributed by atoms with Crippen molar-refractivity contribution in [1.29, 1.82) is 0 Å². The molecule has 0 bridgehead atoms. The van der Waals surface area contributed by atoms with Gasteiger partial charge in [-0.2, -0.15) is 0 Å². The summed E-state index contributed by atoms with van der Waals surface area (Å²) in [7, 11) is 0. The van der Waals surface area contributed by atoms with E-state index >= 15 is 0 Å². The van der Waals surface area contributed by atoms with Crippen LogP contribution in [0.15, 0.2) is 48.5 Å². The largest absolute Gasteiger partial charge is 0.341 e. The summed E-state index contributed by atoms with van der Waals surface area (Å²) in [5.41, 5.74) is 1.92. The molecule has 5 heteroatoms. The van der Waals surface area contributed by atoms with Gasteiger partial charge in [0.2, 0.25) is 5.91 Å². The van der Waals surface area contributed by atoms with Gasteiger partial charge in [0, 0.05) is 24.2 Å². The molecule has 2 aromatic rings. The number of hydrogen-bond donors (Lipinski definition) is 1. The zero-order valence-electron chi connectivity index (χ0n) is 16.1. The number of piperidine rings is 1. The van der Waals surface area contributed by atoms with Crippen molar-refractivity contribution in [1.82, 2.24) is 10.2 Å². The summed E-state index contributed by atoms with van der Waals surface area (Å²) in [6.07, 6.45) is 4.69. The Hall–Kier alpha value is -2.69. The number of nitrogens with one attached hydrogen (secondary N) is 1. The van der Waals surface area contributed by atoms with Crippen LogP contribution < -0.4 is 5.32 Å². The fraction of sp³-hybridized carbons (Fsp3) is 0.391. The number of likely N-dealkylation sites (tertiary alicyclic amines) is 1. The molecule has 0 unspecified atom stereocenters. The van der Waals surface area contributed by atoms with Crippen LogP contribution in [-0.4, -0.2) is 35.8 Å². The topological polar surface area (TPSA) is 49.4 Å². The Balaban J connectivity index is 1.39. The first-order valence-electron chi connectivity index (χ1n) is 9.92. The van der Waals surface area contributed by atoms with Crippen LogP contribution in [0.2, 0.25) is 0 Å². The Kier molecular flexibility index (Phi) is 4.92. The molecule has 1 N–H and O–H groups in total. The summed E-state index contributed by atoms with van der Waals surface area (Å²) < 4.78 is 14.5. The number of benzene rings is 2. The van der Waals surface area contributed by atoms with Crippen molar-refractivity contribution in [2.24, 2.45) is 5.41 Å². The molecular weight excluding hydrogens is 355 g/mol. The zero-order valence-corrected chi connectivity index (χ0v) is 16.1. The highest BCUT2D eigenvalue weighted by Gasteiger charge is 2.45. The minimum absolute atomic E-state index is 0.0646. The predicted molar refractivity (Wildman–Crippen MR) is 106 cm³/mol. The van der Waals surface area contributed by atoms with Gasteiger partial charge in [0.05, 0.1) is 0 Å². The number of rotatable bonds is 4. The number of nitrogens with zero attached hydrogens (tertiary/aromatic N) is 1. The van der Waals surface area contributed by atoms with E-state index in [4.69, 9.17) is 0 Å². The van der Waals surface area contributed by atoms with Gasteiger partial charge in [-0.1, -0.05) is 36.4 Å². The van der Waals surface area contributed by atoms with Crippen molar-refractivity contribution >= 4 is 11.8 Å². The van der Waals surface area contributed by atoms with E-state index in [2.05, 4.69) is 5.32 Å². The first-order chi connectivity index (χ1) is 13.5. The second kappa shape index (κ2) is 7.38. The second-order valence-corrected chi connectivity index (χ2v) is 8.08. The van der Waals surface area contributed by atoms with Gasteiger partial charge in [0.15, 0.2) is 0 Å². The minimum atomic E-state index is -0.627. The van der Waals surface area contributed by atoms with E-state index in [1.807, 2.05) is 35.2 Å². The lowest BCUT2D eigenvalue weighted by atomic mass is 9.93. The number of carbonyl (C=O) groups is 2. The Bertz CT molecular complexity index is 883. The van der Waals surface area contributed by atoms with Gasteiger partial charge in [-0.3, -0.25) is 9.59 Å². The predicted octanol–water partition coefficient (Wildman–Crippen LogP) is 4.01. The highest BCUT2D eigenvalue weighted by atomic mass is 19.1. The Morgan fingerprint density at radius 2 is 1.71 bits per heavy atom. The Morgan fingerprint density at radius 3 is 2.32 bits per heavy atom. The number of carbonyl (C=O) groups excluding carboxylic acids is 2. The molecular formula is C23H25FN2O2. The van der Waals surface area contributed by atoms with E-state index in [1.54, 1.807) is 19.1 Å². The standard InChI is InChI=1S/C23H25FN2O2/c1-16(22(28)26-13-11-23(9-10-23)12-14-26)25-21(27)18-7-8-19(20(24)15-18)17-5-3-2-4-6-17/h2-8,15-16H,9-14H2,1H3,(H,25,27)/t16-/m1/s1. The molecule has 4 rings (SSSR count). The molecule has 2 amide bonds. The Morgan fingerprint density at radius 1 is 1.04 bits per heavy atom. The normalized spacial score (nSPS) is 18.6. The fourth-order valence-electron chi connectivity index (χ4n) is 4.00. The minimum Gasteiger partial charge on any atom is -0.341 e. The Labute approximate surface area is 164 Å². The second-order valence-electron chi connectivity index (χ2n) is 8.08. The molecule has 28 heavy (non-hydrogen) atoms. The maximum absolute atomic E-state index is 14.5. The summed E-state index contributed by atoms with van der Waals surface area (Å²) in [6.45, 7) is 3.22. The van der Waals surface area contributed by atoms with Crippen LogP contribution in [0.4, 0.5) is 4.39 Å². The summed E-state index contributed by atoms with van der Waals surface area (Å²) in [5.74, 6) is -0.955. The molecule has 0 aromatic heterocycles. The van der Waals surface area contributed by atoms with Gasteiger partial charge < -0.3 is 10.2 Å². The molecule has 1 heterocycles.